The molecule has 148 valence electrons. The molecule has 4 saturated heterocycles. The third-order valence-corrected chi connectivity index (χ3v) is 7.05. The molecule has 1 aromatic heterocycles. The first-order chi connectivity index (χ1) is 13.7. The highest BCUT2D eigenvalue weighted by Gasteiger charge is 2.54. The normalized spacial score (nSPS) is 31.1. The van der Waals surface area contributed by atoms with Crippen molar-refractivity contribution in [3.05, 3.63) is 47.8 Å². The van der Waals surface area contributed by atoms with E-state index >= 15 is 0 Å². The molecule has 6 heteroatoms. The molecule has 0 N–H and O–H groups in total. The van der Waals surface area contributed by atoms with Crippen LogP contribution in [0.25, 0.3) is 0 Å². The highest BCUT2D eigenvalue weighted by molar-refractivity contribution is 5.77. The van der Waals surface area contributed by atoms with Crippen LogP contribution in [0.15, 0.2) is 36.5 Å². The first-order valence-electron chi connectivity index (χ1n) is 10.3. The van der Waals surface area contributed by atoms with Crippen LogP contribution in [-0.2, 0) is 11.3 Å². The molecule has 3 atom stereocenters. The van der Waals surface area contributed by atoms with Gasteiger partial charge in [-0.2, -0.15) is 5.10 Å². The summed E-state index contributed by atoms with van der Waals surface area (Å²) in [5.74, 6) is 2.04. The summed E-state index contributed by atoms with van der Waals surface area (Å²) in [5, 5.41) is 4.32. The number of piperidine rings is 3. The molecule has 1 amide bonds. The molecule has 6 nitrogen and oxygen atoms in total. The van der Waals surface area contributed by atoms with Gasteiger partial charge >= 0.3 is 0 Å². The number of fused-ring (bicyclic) bond motifs is 2. The third-order valence-electron chi connectivity index (χ3n) is 7.05. The van der Waals surface area contributed by atoms with Gasteiger partial charge in [0.2, 0.25) is 5.91 Å². The van der Waals surface area contributed by atoms with Crippen molar-refractivity contribution in [2.45, 2.75) is 44.3 Å². The van der Waals surface area contributed by atoms with Crippen LogP contribution >= 0.6 is 0 Å². The van der Waals surface area contributed by atoms with E-state index in [1.807, 2.05) is 23.7 Å². The number of methoxy groups -OCH3 is 1. The van der Waals surface area contributed by atoms with Crippen LogP contribution in [0, 0.1) is 12.8 Å². The minimum atomic E-state index is 0.195. The average molecular weight is 380 g/mol. The van der Waals surface area contributed by atoms with Crippen molar-refractivity contribution < 1.29 is 9.53 Å². The summed E-state index contributed by atoms with van der Waals surface area (Å²) in [6.45, 7) is 5.44. The number of ether oxygens (including phenoxy) is 1. The van der Waals surface area contributed by atoms with E-state index in [4.69, 9.17) is 4.74 Å². The Balaban J connectivity index is 1.46. The molecule has 2 bridgehead atoms. The summed E-state index contributed by atoms with van der Waals surface area (Å²) in [6.07, 6.45) is 4.18. The van der Waals surface area contributed by atoms with Crippen LogP contribution in [0.5, 0.6) is 5.75 Å². The predicted octanol–water partition coefficient (Wildman–Crippen LogP) is 2.29. The van der Waals surface area contributed by atoms with E-state index < -0.39 is 0 Å². The third kappa shape index (κ3) is 2.82. The summed E-state index contributed by atoms with van der Waals surface area (Å²) < 4.78 is 7.28. The van der Waals surface area contributed by atoms with Crippen LogP contribution in [0.1, 0.15) is 30.0 Å². The van der Waals surface area contributed by atoms with E-state index in [0.29, 0.717) is 30.5 Å². The summed E-state index contributed by atoms with van der Waals surface area (Å²) >= 11 is 0. The zero-order chi connectivity index (χ0) is 19.3. The lowest BCUT2D eigenvalue weighted by Gasteiger charge is -2.51. The largest absolute Gasteiger partial charge is 0.497 e. The lowest BCUT2D eigenvalue weighted by atomic mass is 9.75. The van der Waals surface area contributed by atoms with Crippen LogP contribution < -0.4 is 4.74 Å². The van der Waals surface area contributed by atoms with Gasteiger partial charge in [0.05, 0.1) is 13.2 Å². The number of rotatable bonds is 4. The zero-order valence-electron chi connectivity index (χ0n) is 16.6. The van der Waals surface area contributed by atoms with Crippen molar-refractivity contribution in [3.63, 3.8) is 0 Å². The maximum Gasteiger partial charge on any atom is 0.244 e. The Morgan fingerprint density at radius 2 is 2.04 bits per heavy atom. The van der Waals surface area contributed by atoms with Gasteiger partial charge in [-0.3, -0.25) is 14.4 Å². The van der Waals surface area contributed by atoms with Crippen LogP contribution in [-0.4, -0.2) is 64.3 Å². The maximum atomic E-state index is 13.3. The molecule has 4 aliphatic heterocycles. The second kappa shape index (κ2) is 6.92. The molecule has 6 rings (SSSR count). The van der Waals surface area contributed by atoms with Gasteiger partial charge in [0.15, 0.2) is 0 Å². The van der Waals surface area contributed by atoms with E-state index in [1.54, 1.807) is 13.3 Å². The Kier molecular flexibility index (Phi) is 4.38. The molecule has 0 aliphatic carbocycles. The predicted molar refractivity (Wildman–Crippen MR) is 106 cm³/mol. The van der Waals surface area contributed by atoms with Gasteiger partial charge in [-0.1, -0.05) is 12.1 Å². The van der Waals surface area contributed by atoms with Crippen molar-refractivity contribution in [1.29, 1.82) is 0 Å². The van der Waals surface area contributed by atoms with E-state index in [2.05, 4.69) is 33.1 Å². The number of aromatic nitrogens is 2. The Labute approximate surface area is 166 Å². The Morgan fingerprint density at radius 3 is 2.75 bits per heavy atom. The number of amides is 1. The number of carbonyl (C=O) groups is 1. The van der Waals surface area contributed by atoms with Crippen molar-refractivity contribution in [2.24, 2.45) is 5.92 Å². The van der Waals surface area contributed by atoms with Crippen molar-refractivity contribution in [2.75, 3.05) is 26.7 Å². The smallest absolute Gasteiger partial charge is 0.244 e. The van der Waals surface area contributed by atoms with Crippen LogP contribution in [0.2, 0.25) is 0 Å². The SMILES string of the molecule is COc1cccc([C@H]2CN(C(=O)Cn3nccc3C)[C@H]3C4CCN(CC4)[C@@H]23)c1. The van der Waals surface area contributed by atoms with E-state index in [9.17, 15) is 4.79 Å². The minimum absolute atomic E-state index is 0.195. The molecule has 1 aromatic carbocycles. The lowest BCUT2D eigenvalue weighted by Crippen LogP contribution is -2.61. The van der Waals surface area contributed by atoms with Crippen LogP contribution in [0.4, 0.5) is 0 Å². The monoisotopic (exact) mass is 380 g/mol. The molecule has 0 saturated carbocycles. The quantitative estimate of drug-likeness (QED) is 0.817. The van der Waals surface area contributed by atoms with Gasteiger partial charge in [-0.15, -0.1) is 0 Å². The summed E-state index contributed by atoms with van der Waals surface area (Å²) in [4.78, 5) is 18.1. The number of hydrogen-bond acceptors (Lipinski definition) is 4. The summed E-state index contributed by atoms with van der Waals surface area (Å²) in [6, 6.07) is 11.1. The Morgan fingerprint density at radius 1 is 1.21 bits per heavy atom. The van der Waals surface area contributed by atoms with Gasteiger partial charge in [0.1, 0.15) is 12.3 Å². The highest BCUT2D eigenvalue weighted by atomic mass is 16.5. The van der Waals surface area contributed by atoms with E-state index in [0.717, 1.165) is 31.1 Å². The number of aryl methyl sites for hydroxylation is 1. The van der Waals surface area contributed by atoms with Crippen molar-refractivity contribution in [3.8, 4) is 5.75 Å². The molecular formula is C22H28N4O2. The molecule has 0 unspecified atom stereocenters. The minimum Gasteiger partial charge on any atom is -0.497 e. The van der Waals surface area contributed by atoms with Gasteiger partial charge in [-0.25, -0.2) is 0 Å². The Bertz CT molecular complexity index is 871. The first-order valence-corrected chi connectivity index (χ1v) is 10.3. The number of hydrogen-bond donors (Lipinski definition) is 0. The molecule has 0 spiro atoms. The van der Waals surface area contributed by atoms with Gasteiger partial charge in [-0.05, 0) is 62.5 Å². The second-order valence-corrected chi connectivity index (χ2v) is 8.41. The van der Waals surface area contributed by atoms with E-state index in [-0.39, 0.29) is 5.91 Å². The molecular weight excluding hydrogens is 352 g/mol. The van der Waals surface area contributed by atoms with Crippen molar-refractivity contribution >= 4 is 5.91 Å². The second-order valence-electron chi connectivity index (χ2n) is 8.41. The molecule has 4 aliphatic rings. The van der Waals surface area contributed by atoms with E-state index in [1.165, 1.54) is 18.4 Å². The zero-order valence-corrected chi connectivity index (χ0v) is 16.6. The molecule has 0 radical (unpaired) electrons. The van der Waals surface area contributed by atoms with Crippen LogP contribution in [0.3, 0.4) is 0 Å². The standard InChI is InChI=1S/C22H28N4O2/c1-15-6-9-23-26(15)14-20(27)25-13-19(17-4-3-5-18(12-17)28-2)22-21(25)16-7-10-24(22)11-8-16/h3-6,9,12,16,19,21-22H,7-8,10-11,13-14H2,1-2H3/t19-,21+,22+/m1/s1. The summed E-state index contributed by atoms with van der Waals surface area (Å²) in [5.41, 5.74) is 2.31. The van der Waals surface area contributed by atoms with Gasteiger partial charge in [0.25, 0.3) is 0 Å². The molecule has 2 aromatic rings. The molecule has 4 fully saturated rings. The topological polar surface area (TPSA) is 50.6 Å². The highest BCUT2D eigenvalue weighted by Crippen LogP contribution is 2.46. The fraction of sp³-hybridized carbons (Fsp3) is 0.545. The lowest BCUT2D eigenvalue weighted by molar-refractivity contribution is -0.136. The number of nitrogens with zero attached hydrogens (tertiary/aromatic N) is 4. The first kappa shape index (κ1) is 17.7. The number of carbonyl (C=O) groups excluding carboxylic acids is 1. The summed E-state index contributed by atoms with van der Waals surface area (Å²) in [7, 11) is 1.71. The van der Waals surface area contributed by atoms with Crippen molar-refractivity contribution in [1.82, 2.24) is 19.6 Å². The van der Waals surface area contributed by atoms with Gasteiger partial charge < -0.3 is 9.64 Å². The number of likely N-dealkylation sites (tertiary alicyclic amines) is 1. The Hall–Kier alpha value is -2.34. The average Bonchev–Trinajstić information content (AvgIpc) is 3.34. The fourth-order valence-corrected chi connectivity index (χ4v) is 5.65. The van der Waals surface area contributed by atoms with Gasteiger partial charge in [0, 0.05) is 30.4 Å². The molecule has 28 heavy (non-hydrogen) atoms. The molecule has 5 heterocycles. The maximum absolute atomic E-state index is 13.3. The fourth-order valence-electron chi connectivity index (χ4n) is 5.65. The number of benzene rings is 1.